The van der Waals surface area contributed by atoms with Gasteiger partial charge in [-0.1, -0.05) is 30.8 Å². The summed E-state index contributed by atoms with van der Waals surface area (Å²) >= 11 is 2.78. The molecule has 3 heterocycles. The molecular formula is C21H20FN7OS2. The van der Waals surface area contributed by atoms with E-state index in [0.717, 1.165) is 24.8 Å². The Labute approximate surface area is 190 Å². The Kier molecular flexibility index (Phi) is 5.30. The molecule has 0 aliphatic heterocycles. The van der Waals surface area contributed by atoms with Crippen molar-refractivity contribution in [1.82, 2.24) is 24.5 Å². The first-order chi connectivity index (χ1) is 15.4. The van der Waals surface area contributed by atoms with E-state index in [1.165, 1.54) is 27.3 Å². The number of aromatic nitrogens is 5. The Bertz CT molecular complexity index is 1380. The highest BCUT2D eigenvalue weighted by Crippen LogP contribution is 2.37. The smallest absolute Gasteiger partial charge is 0.267 e. The molecule has 11 heteroatoms. The average Bonchev–Trinajstić information content (AvgIpc) is 3.10. The molecule has 0 saturated carbocycles. The van der Waals surface area contributed by atoms with Crippen molar-refractivity contribution in [3.63, 3.8) is 0 Å². The van der Waals surface area contributed by atoms with Gasteiger partial charge in [0.05, 0.1) is 16.8 Å². The van der Waals surface area contributed by atoms with Crippen LogP contribution in [0.25, 0.3) is 15.9 Å². The number of halogens is 1. The Balaban J connectivity index is 1.67. The normalized spacial score (nSPS) is 15.8. The Hall–Kier alpha value is -3.05. The number of benzene rings is 1. The maximum absolute atomic E-state index is 14.8. The molecule has 0 radical (unpaired) electrons. The second-order valence-electron chi connectivity index (χ2n) is 7.77. The number of nitrogen functional groups attached to an aromatic ring is 2. The van der Waals surface area contributed by atoms with Gasteiger partial charge in [0, 0.05) is 4.88 Å². The van der Waals surface area contributed by atoms with Gasteiger partial charge in [-0.15, -0.1) is 11.3 Å². The molecular weight excluding hydrogens is 449 g/mol. The van der Waals surface area contributed by atoms with Crippen LogP contribution in [0.1, 0.15) is 29.6 Å². The Morgan fingerprint density at radius 1 is 1.19 bits per heavy atom. The van der Waals surface area contributed by atoms with Gasteiger partial charge in [-0.25, -0.2) is 9.37 Å². The van der Waals surface area contributed by atoms with Gasteiger partial charge in [0.25, 0.3) is 5.56 Å². The molecule has 5 rings (SSSR count). The molecule has 1 aliphatic rings. The average molecular weight is 470 g/mol. The standard InChI is InChI=1S/C21H20FN7OS2/c1-10-6-7-11-14(8-10)32-17-16(11)18(30)29(13-5-3-2-4-12(13)22)21(27-17)31-9-15-25-19(23)28-20(24)26-15/h2-5,10H,6-9H2,1H3,(H4,23,24,25,26,28). The van der Waals surface area contributed by atoms with Crippen molar-refractivity contribution in [2.24, 2.45) is 5.92 Å². The molecule has 0 fully saturated rings. The van der Waals surface area contributed by atoms with Crippen molar-refractivity contribution >= 4 is 45.2 Å². The van der Waals surface area contributed by atoms with E-state index in [1.54, 1.807) is 29.5 Å². The SMILES string of the molecule is CC1CCc2c(sc3nc(SCc4nc(N)nc(N)n4)n(-c4ccccc4F)c(=O)c23)C1. The summed E-state index contributed by atoms with van der Waals surface area (Å²) in [5, 5.41) is 0.954. The molecule has 4 N–H and O–H groups in total. The molecule has 0 spiro atoms. The number of thiophene rings is 1. The van der Waals surface area contributed by atoms with Crippen LogP contribution in [0.3, 0.4) is 0 Å². The van der Waals surface area contributed by atoms with Gasteiger partial charge in [0.15, 0.2) is 5.16 Å². The molecule has 164 valence electrons. The van der Waals surface area contributed by atoms with Gasteiger partial charge < -0.3 is 11.5 Å². The second-order valence-corrected chi connectivity index (χ2v) is 9.80. The van der Waals surface area contributed by atoms with Crippen LogP contribution in [-0.4, -0.2) is 24.5 Å². The second kappa shape index (κ2) is 8.14. The maximum atomic E-state index is 14.8. The van der Waals surface area contributed by atoms with E-state index in [1.807, 2.05) is 0 Å². The van der Waals surface area contributed by atoms with Crippen LogP contribution < -0.4 is 17.0 Å². The van der Waals surface area contributed by atoms with Gasteiger partial charge in [0.1, 0.15) is 16.5 Å². The number of hydrogen-bond acceptors (Lipinski definition) is 9. The molecule has 1 aromatic carbocycles. The summed E-state index contributed by atoms with van der Waals surface area (Å²) in [5.41, 5.74) is 12.3. The molecule has 4 aromatic rings. The van der Waals surface area contributed by atoms with Crippen LogP contribution in [0.2, 0.25) is 0 Å². The van der Waals surface area contributed by atoms with Crippen molar-refractivity contribution in [3.8, 4) is 5.69 Å². The van der Waals surface area contributed by atoms with Crippen LogP contribution >= 0.6 is 23.1 Å². The van der Waals surface area contributed by atoms with E-state index in [2.05, 4.69) is 21.9 Å². The fraction of sp³-hybridized carbons (Fsp3) is 0.286. The minimum Gasteiger partial charge on any atom is -0.368 e. The van der Waals surface area contributed by atoms with Crippen molar-refractivity contribution in [2.75, 3.05) is 11.5 Å². The van der Waals surface area contributed by atoms with E-state index in [4.69, 9.17) is 16.5 Å². The number of nitrogens with zero attached hydrogens (tertiary/aromatic N) is 5. The third kappa shape index (κ3) is 3.71. The van der Waals surface area contributed by atoms with E-state index >= 15 is 0 Å². The molecule has 8 nitrogen and oxygen atoms in total. The summed E-state index contributed by atoms with van der Waals surface area (Å²) in [6.45, 7) is 2.21. The summed E-state index contributed by atoms with van der Waals surface area (Å²) in [6, 6.07) is 6.20. The summed E-state index contributed by atoms with van der Waals surface area (Å²) < 4.78 is 16.1. The monoisotopic (exact) mass is 469 g/mol. The fourth-order valence-corrected chi connectivity index (χ4v) is 6.25. The van der Waals surface area contributed by atoms with E-state index in [-0.39, 0.29) is 28.9 Å². The molecule has 0 bridgehead atoms. The minimum atomic E-state index is -0.496. The van der Waals surface area contributed by atoms with E-state index in [0.29, 0.717) is 27.1 Å². The van der Waals surface area contributed by atoms with Crippen LogP contribution in [0.4, 0.5) is 16.3 Å². The van der Waals surface area contributed by atoms with Crippen molar-refractivity contribution in [3.05, 3.63) is 56.7 Å². The largest absolute Gasteiger partial charge is 0.368 e. The van der Waals surface area contributed by atoms with Gasteiger partial charge in [-0.2, -0.15) is 15.0 Å². The number of fused-ring (bicyclic) bond motifs is 3. The molecule has 0 saturated heterocycles. The number of anilines is 2. The van der Waals surface area contributed by atoms with Gasteiger partial charge in [0.2, 0.25) is 11.9 Å². The molecule has 1 atom stereocenters. The number of thioether (sulfide) groups is 1. The molecule has 1 unspecified atom stereocenters. The number of nitrogens with two attached hydrogens (primary N) is 2. The lowest BCUT2D eigenvalue weighted by atomic mass is 9.89. The lowest BCUT2D eigenvalue weighted by molar-refractivity contribution is 0.509. The zero-order valence-electron chi connectivity index (χ0n) is 17.2. The van der Waals surface area contributed by atoms with E-state index < -0.39 is 5.82 Å². The predicted molar refractivity (Wildman–Crippen MR) is 125 cm³/mol. The van der Waals surface area contributed by atoms with Crippen molar-refractivity contribution < 1.29 is 4.39 Å². The summed E-state index contributed by atoms with van der Waals surface area (Å²) in [5.74, 6) is 0.701. The zero-order valence-corrected chi connectivity index (χ0v) is 18.8. The lowest BCUT2D eigenvalue weighted by Crippen LogP contribution is -2.23. The summed E-state index contributed by atoms with van der Waals surface area (Å²) in [6.07, 6.45) is 2.79. The van der Waals surface area contributed by atoms with Gasteiger partial charge >= 0.3 is 0 Å². The van der Waals surface area contributed by atoms with E-state index in [9.17, 15) is 9.18 Å². The first kappa shape index (κ1) is 20.8. The van der Waals surface area contributed by atoms with Crippen LogP contribution in [0, 0.1) is 11.7 Å². The number of para-hydroxylation sites is 1. The van der Waals surface area contributed by atoms with Crippen LogP contribution in [0.15, 0.2) is 34.2 Å². The zero-order chi connectivity index (χ0) is 22.4. The first-order valence-electron chi connectivity index (χ1n) is 10.1. The highest BCUT2D eigenvalue weighted by atomic mass is 32.2. The van der Waals surface area contributed by atoms with Crippen LogP contribution in [-0.2, 0) is 18.6 Å². The molecule has 3 aromatic heterocycles. The number of rotatable bonds is 4. The highest BCUT2D eigenvalue weighted by Gasteiger charge is 2.26. The number of hydrogen-bond donors (Lipinski definition) is 2. The Morgan fingerprint density at radius 2 is 1.94 bits per heavy atom. The van der Waals surface area contributed by atoms with Gasteiger partial charge in [-0.05, 0) is 42.9 Å². The summed E-state index contributed by atoms with van der Waals surface area (Å²) in [7, 11) is 0. The van der Waals surface area contributed by atoms with Crippen molar-refractivity contribution in [1.29, 1.82) is 0 Å². The first-order valence-corrected chi connectivity index (χ1v) is 11.9. The Morgan fingerprint density at radius 3 is 2.69 bits per heavy atom. The highest BCUT2D eigenvalue weighted by molar-refractivity contribution is 7.98. The van der Waals surface area contributed by atoms with Crippen LogP contribution in [0.5, 0.6) is 0 Å². The fourth-order valence-electron chi connectivity index (χ4n) is 3.96. The third-order valence-corrected chi connectivity index (χ3v) is 7.52. The minimum absolute atomic E-state index is 0.0167. The van der Waals surface area contributed by atoms with Gasteiger partial charge in [-0.3, -0.25) is 9.36 Å². The molecule has 32 heavy (non-hydrogen) atoms. The molecule has 1 aliphatic carbocycles. The summed E-state index contributed by atoms with van der Waals surface area (Å²) in [4.78, 5) is 32.3. The predicted octanol–water partition coefficient (Wildman–Crippen LogP) is 3.35. The maximum Gasteiger partial charge on any atom is 0.267 e. The van der Waals surface area contributed by atoms with Crippen molar-refractivity contribution in [2.45, 2.75) is 37.1 Å². The lowest BCUT2D eigenvalue weighted by Gasteiger charge is -2.18. The molecule has 0 amide bonds. The number of aryl methyl sites for hydroxylation is 1. The quantitative estimate of drug-likeness (QED) is 0.344. The third-order valence-electron chi connectivity index (χ3n) is 5.44. The topological polar surface area (TPSA) is 126 Å².